The van der Waals surface area contributed by atoms with Gasteiger partial charge >= 0.3 is 0 Å². The minimum Gasteiger partial charge on any atom is -0.359 e. The zero-order valence-corrected chi connectivity index (χ0v) is 20.7. The average molecular weight is 475 g/mol. The van der Waals surface area contributed by atoms with Gasteiger partial charge in [0.1, 0.15) is 17.3 Å². The molecule has 1 saturated heterocycles. The van der Waals surface area contributed by atoms with E-state index < -0.39 is 5.54 Å². The summed E-state index contributed by atoms with van der Waals surface area (Å²) in [4.78, 5) is 2.44. The molecule has 0 radical (unpaired) electrons. The van der Waals surface area contributed by atoms with Gasteiger partial charge in [-0.3, -0.25) is 0 Å². The lowest BCUT2D eigenvalue weighted by Gasteiger charge is -2.40. The first kappa shape index (κ1) is 22.5. The van der Waals surface area contributed by atoms with Crippen molar-refractivity contribution >= 4 is 16.7 Å². The van der Waals surface area contributed by atoms with Crippen molar-refractivity contribution in [2.24, 2.45) is 0 Å². The number of benzene rings is 4. The molecule has 0 N–H and O–H groups in total. The van der Waals surface area contributed by atoms with Gasteiger partial charge in [0, 0.05) is 18.7 Å². The number of hydrogen-bond acceptors (Lipinski definition) is 4. The van der Waals surface area contributed by atoms with E-state index in [1.165, 1.54) is 16.7 Å². The largest absolute Gasteiger partial charge is 0.359 e. The molecule has 5 nitrogen and oxygen atoms in total. The van der Waals surface area contributed by atoms with Gasteiger partial charge in [0.05, 0.1) is 11.6 Å². The van der Waals surface area contributed by atoms with Crippen LogP contribution >= 0.6 is 0 Å². The molecule has 1 fully saturated rings. The van der Waals surface area contributed by atoms with Gasteiger partial charge in [-0.25, -0.2) is 4.68 Å². The van der Waals surface area contributed by atoms with Crippen LogP contribution in [-0.2, 0) is 10.3 Å². The Morgan fingerprint density at radius 1 is 0.861 bits per heavy atom. The van der Waals surface area contributed by atoms with Crippen LogP contribution < -0.4 is 4.90 Å². The van der Waals surface area contributed by atoms with Crippen LogP contribution in [0.15, 0.2) is 109 Å². The Balaban J connectivity index is 1.71. The van der Waals surface area contributed by atoms with Crippen molar-refractivity contribution in [3.8, 4) is 0 Å². The number of ether oxygens (including phenoxy) is 1. The maximum Gasteiger partial charge on any atom is 0.133 e. The summed E-state index contributed by atoms with van der Waals surface area (Å²) < 4.78 is 8.66. The molecule has 0 spiro atoms. The van der Waals surface area contributed by atoms with Crippen molar-refractivity contribution in [3.05, 3.63) is 126 Å². The average Bonchev–Trinajstić information content (AvgIpc) is 3.50. The van der Waals surface area contributed by atoms with Gasteiger partial charge in [0.15, 0.2) is 0 Å². The third-order valence-electron chi connectivity index (χ3n) is 7.30. The van der Waals surface area contributed by atoms with Crippen molar-refractivity contribution in [1.82, 2.24) is 15.0 Å². The Kier molecular flexibility index (Phi) is 5.78. The monoisotopic (exact) mass is 474 g/mol. The molecule has 6 rings (SSSR count). The van der Waals surface area contributed by atoms with E-state index in [9.17, 15) is 0 Å². The topological polar surface area (TPSA) is 43.2 Å². The van der Waals surface area contributed by atoms with Crippen molar-refractivity contribution in [3.63, 3.8) is 0 Å². The Bertz CT molecular complexity index is 1470. The van der Waals surface area contributed by atoms with Gasteiger partial charge in [-0.1, -0.05) is 95.7 Å². The molecule has 2 heterocycles. The highest BCUT2D eigenvalue weighted by molar-refractivity contribution is 5.75. The van der Waals surface area contributed by atoms with Gasteiger partial charge in [0.25, 0.3) is 0 Å². The van der Waals surface area contributed by atoms with Crippen LogP contribution in [0.3, 0.4) is 0 Å². The van der Waals surface area contributed by atoms with E-state index in [2.05, 4.69) is 126 Å². The van der Waals surface area contributed by atoms with E-state index in [0.717, 1.165) is 23.1 Å². The quantitative estimate of drug-likeness (QED) is 0.282. The van der Waals surface area contributed by atoms with Gasteiger partial charge in [0.2, 0.25) is 0 Å². The first-order valence-corrected chi connectivity index (χ1v) is 12.6. The minimum atomic E-state index is -0.556. The van der Waals surface area contributed by atoms with E-state index in [-0.39, 0.29) is 12.3 Å². The van der Waals surface area contributed by atoms with Crippen molar-refractivity contribution in [2.45, 2.75) is 38.1 Å². The first-order valence-electron chi connectivity index (χ1n) is 12.6. The number of para-hydroxylation sites is 2. The summed E-state index contributed by atoms with van der Waals surface area (Å²) in [5.74, 6) is 0. The van der Waals surface area contributed by atoms with E-state index in [1.807, 2.05) is 12.1 Å². The van der Waals surface area contributed by atoms with Crippen LogP contribution in [0.1, 0.15) is 36.1 Å². The van der Waals surface area contributed by atoms with Crippen LogP contribution in [0, 0.1) is 6.92 Å². The third-order valence-corrected chi connectivity index (χ3v) is 7.30. The number of anilines is 1. The maximum atomic E-state index is 6.50. The second kappa shape index (κ2) is 9.25. The van der Waals surface area contributed by atoms with Gasteiger partial charge in [-0.2, -0.15) is 0 Å². The molecule has 4 aromatic carbocycles. The van der Waals surface area contributed by atoms with E-state index >= 15 is 0 Å². The fourth-order valence-electron chi connectivity index (χ4n) is 5.87. The summed E-state index contributed by atoms with van der Waals surface area (Å²) in [6, 6.07) is 38.3. The number of rotatable bonds is 6. The van der Waals surface area contributed by atoms with Crippen molar-refractivity contribution in [1.29, 1.82) is 0 Å². The number of aryl methyl sites for hydroxylation is 1. The number of hydrogen-bond donors (Lipinski definition) is 0. The van der Waals surface area contributed by atoms with E-state index in [0.29, 0.717) is 6.61 Å². The summed E-state index contributed by atoms with van der Waals surface area (Å²) in [5, 5.41) is 9.45. The lowest BCUT2D eigenvalue weighted by molar-refractivity contribution is 0.0623. The molecule has 1 aliphatic heterocycles. The van der Waals surface area contributed by atoms with Crippen molar-refractivity contribution in [2.75, 3.05) is 11.5 Å². The lowest BCUT2D eigenvalue weighted by Crippen LogP contribution is -2.42. The fraction of sp³-hybridized carbons (Fsp3) is 0.226. The Hall–Kier alpha value is -3.96. The normalized spacial score (nSPS) is 21.8. The highest BCUT2D eigenvalue weighted by Gasteiger charge is 2.57. The molecule has 5 aromatic rings. The summed E-state index contributed by atoms with van der Waals surface area (Å²) in [6.07, 6.45) is 0.581. The van der Waals surface area contributed by atoms with Crippen LogP contribution in [-0.4, -0.2) is 27.8 Å². The Morgan fingerprint density at radius 2 is 1.58 bits per heavy atom. The van der Waals surface area contributed by atoms with Crippen LogP contribution in [0.4, 0.5) is 5.69 Å². The first-order chi connectivity index (χ1) is 17.7. The summed E-state index contributed by atoms with van der Waals surface area (Å²) in [5.41, 5.74) is 6.12. The standard InChI is InChI=1S/C31H30N4O/c1-3-36-29-22-31(25-16-12-13-23(2)21-25,35-28-20-11-10-19-27(28)32-33-35)30(24-14-6-4-7-15-24)34(29)26-17-8-5-9-18-26/h4-21,29-30H,3,22H2,1-2H3. The van der Waals surface area contributed by atoms with Gasteiger partial charge in [-0.15, -0.1) is 5.10 Å². The fourth-order valence-corrected chi connectivity index (χ4v) is 5.87. The molecule has 3 unspecified atom stereocenters. The summed E-state index contributed by atoms with van der Waals surface area (Å²) in [7, 11) is 0. The number of aromatic nitrogens is 3. The highest BCUT2D eigenvalue weighted by Crippen LogP contribution is 2.55. The number of nitrogens with zero attached hydrogens (tertiary/aromatic N) is 4. The van der Waals surface area contributed by atoms with E-state index in [4.69, 9.17) is 9.95 Å². The van der Waals surface area contributed by atoms with Crippen LogP contribution in [0.2, 0.25) is 0 Å². The van der Waals surface area contributed by atoms with Gasteiger partial charge in [-0.05, 0) is 49.2 Å². The molecule has 180 valence electrons. The second-order valence-electron chi connectivity index (χ2n) is 9.45. The zero-order chi connectivity index (χ0) is 24.5. The van der Waals surface area contributed by atoms with E-state index in [1.54, 1.807) is 0 Å². The molecule has 1 aliphatic rings. The molecule has 0 aliphatic carbocycles. The molecule has 3 atom stereocenters. The Morgan fingerprint density at radius 3 is 2.33 bits per heavy atom. The molecule has 5 heteroatoms. The molecular weight excluding hydrogens is 444 g/mol. The number of fused-ring (bicyclic) bond motifs is 1. The van der Waals surface area contributed by atoms with Crippen LogP contribution in [0.5, 0.6) is 0 Å². The third kappa shape index (κ3) is 3.59. The minimum absolute atomic E-state index is 0.0791. The zero-order valence-electron chi connectivity index (χ0n) is 20.7. The van der Waals surface area contributed by atoms with Crippen LogP contribution in [0.25, 0.3) is 11.0 Å². The molecule has 0 saturated carbocycles. The molecule has 36 heavy (non-hydrogen) atoms. The smallest absolute Gasteiger partial charge is 0.133 e. The molecule has 0 amide bonds. The second-order valence-corrected chi connectivity index (χ2v) is 9.45. The lowest BCUT2D eigenvalue weighted by atomic mass is 9.78. The Labute approximate surface area is 212 Å². The molecule has 1 aromatic heterocycles. The molecular formula is C31H30N4O. The predicted octanol–water partition coefficient (Wildman–Crippen LogP) is 6.50. The highest BCUT2D eigenvalue weighted by atomic mass is 16.5. The summed E-state index contributed by atoms with van der Waals surface area (Å²) in [6.45, 7) is 4.84. The predicted molar refractivity (Wildman–Crippen MR) is 144 cm³/mol. The van der Waals surface area contributed by atoms with Gasteiger partial charge < -0.3 is 9.64 Å². The van der Waals surface area contributed by atoms with Crippen molar-refractivity contribution < 1.29 is 4.74 Å². The SMILES string of the molecule is CCOC1CC(c2cccc(C)c2)(n2nnc3ccccc32)C(c2ccccc2)N1c1ccccc1. The maximum absolute atomic E-state index is 6.50. The summed E-state index contributed by atoms with van der Waals surface area (Å²) >= 11 is 0. The molecule has 0 bridgehead atoms.